The van der Waals surface area contributed by atoms with Crippen molar-refractivity contribution in [3.05, 3.63) is 23.8 Å². The molecule has 0 aliphatic carbocycles. The van der Waals surface area contributed by atoms with E-state index in [0.29, 0.717) is 6.42 Å². The molecular weight excluding hydrogens is 264 g/mol. The summed E-state index contributed by atoms with van der Waals surface area (Å²) in [5.74, 6) is 1.17. The molecule has 0 saturated carbocycles. The molecule has 1 aliphatic rings. The molecule has 1 heterocycles. The zero-order chi connectivity index (χ0) is 15.8. The van der Waals surface area contributed by atoms with Gasteiger partial charge in [-0.15, -0.1) is 0 Å². The van der Waals surface area contributed by atoms with Crippen LogP contribution >= 0.6 is 0 Å². The van der Waals surface area contributed by atoms with Gasteiger partial charge in [0.05, 0.1) is 7.11 Å². The van der Waals surface area contributed by atoms with Gasteiger partial charge in [0.15, 0.2) is 0 Å². The molecule has 2 rings (SSSR count). The van der Waals surface area contributed by atoms with Crippen LogP contribution < -0.4 is 9.64 Å². The average molecular weight is 292 g/mol. The lowest BCUT2D eigenvalue weighted by Crippen LogP contribution is -2.48. The fraction of sp³-hybridized carbons (Fsp3) is 0.588. The highest BCUT2D eigenvalue weighted by molar-refractivity contribution is 5.76. The number of hydrogen-bond donors (Lipinski definition) is 0. The molecular formula is C17H28N2O2. The first-order valence-electron chi connectivity index (χ1n) is 7.83. The van der Waals surface area contributed by atoms with Crippen molar-refractivity contribution in [2.75, 3.05) is 38.2 Å². The van der Waals surface area contributed by atoms with Crippen molar-refractivity contribution in [1.82, 2.24) is 4.90 Å². The van der Waals surface area contributed by atoms with Crippen LogP contribution in [0.25, 0.3) is 0 Å². The summed E-state index contributed by atoms with van der Waals surface area (Å²) < 4.78 is 5.36. The molecule has 0 aromatic heterocycles. The van der Waals surface area contributed by atoms with Gasteiger partial charge in [-0.2, -0.15) is 0 Å². The van der Waals surface area contributed by atoms with Crippen molar-refractivity contribution >= 4 is 11.6 Å². The van der Waals surface area contributed by atoms with Crippen LogP contribution in [-0.2, 0) is 4.79 Å². The van der Waals surface area contributed by atoms with Gasteiger partial charge >= 0.3 is 0 Å². The molecule has 1 fully saturated rings. The van der Waals surface area contributed by atoms with Crippen molar-refractivity contribution in [2.24, 2.45) is 0 Å². The Kier molecular flexibility index (Phi) is 7.06. The monoisotopic (exact) mass is 292 g/mol. The number of benzene rings is 1. The number of nitrogens with zero attached hydrogens (tertiary/aromatic N) is 2. The molecule has 4 nitrogen and oxygen atoms in total. The normalized spacial score (nSPS) is 14.3. The summed E-state index contributed by atoms with van der Waals surface area (Å²) in [5, 5.41) is 0. The molecule has 4 heteroatoms. The van der Waals surface area contributed by atoms with E-state index in [1.54, 1.807) is 7.11 Å². The van der Waals surface area contributed by atoms with E-state index in [4.69, 9.17) is 4.74 Å². The lowest BCUT2D eigenvalue weighted by atomic mass is 10.1. The molecule has 1 aliphatic heterocycles. The SMILES string of the molecule is CC.CCC(=O)N1CCN(c2ccc(C)c(OC)c2)CC1. The van der Waals surface area contributed by atoms with E-state index in [9.17, 15) is 4.79 Å². The number of ether oxygens (including phenoxy) is 1. The minimum atomic E-state index is 0.251. The second-order valence-electron chi connectivity index (χ2n) is 4.88. The zero-order valence-corrected chi connectivity index (χ0v) is 14.0. The van der Waals surface area contributed by atoms with Crippen LogP contribution in [0.3, 0.4) is 0 Å². The van der Waals surface area contributed by atoms with Gasteiger partial charge in [-0.05, 0) is 18.6 Å². The first kappa shape index (κ1) is 17.3. The van der Waals surface area contributed by atoms with Crippen molar-refractivity contribution in [3.63, 3.8) is 0 Å². The van der Waals surface area contributed by atoms with Crippen molar-refractivity contribution < 1.29 is 9.53 Å². The highest BCUT2D eigenvalue weighted by Crippen LogP contribution is 2.25. The number of hydrogen-bond acceptors (Lipinski definition) is 3. The smallest absolute Gasteiger partial charge is 0.222 e. The Hall–Kier alpha value is -1.71. The van der Waals surface area contributed by atoms with Crippen LogP contribution in [0.1, 0.15) is 32.8 Å². The Labute approximate surface area is 128 Å². The summed E-state index contributed by atoms with van der Waals surface area (Å²) in [7, 11) is 1.70. The lowest BCUT2D eigenvalue weighted by molar-refractivity contribution is -0.131. The second kappa shape index (κ2) is 8.55. The van der Waals surface area contributed by atoms with Gasteiger partial charge in [-0.3, -0.25) is 4.79 Å². The largest absolute Gasteiger partial charge is 0.496 e. The second-order valence-corrected chi connectivity index (χ2v) is 4.88. The highest BCUT2D eigenvalue weighted by Gasteiger charge is 2.20. The third-order valence-corrected chi connectivity index (χ3v) is 3.69. The van der Waals surface area contributed by atoms with Gasteiger partial charge in [0, 0.05) is 44.4 Å². The predicted molar refractivity (Wildman–Crippen MR) is 88.2 cm³/mol. The van der Waals surface area contributed by atoms with E-state index in [1.807, 2.05) is 32.6 Å². The van der Waals surface area contributed by atoms with Gasteiger partial charge < -0.3 is 14.5 Å². The molecule has 0 spiro atoms. The Bertz CT molecular complexity index is 452. The highest BCUT2D eigenvalue weighted by atomic mass is 16.5. The molecule has 0 bridgehead atoms. The van der Waals surface area contributed by atoms with Crippen molar-refractivity contribution in [3.8, 4) is 5.75 Å². The van der Waals surface area contributed by atoms with Crippen molar-refractivity contribution in [1.29, 1.82) is 0 Å². The molecule has 1 aromatic rings. The molecule has 0 unspecified atom stereocenters. The minimum absolute atomic E-state index is 0.251. The van der Waals surface area contributed by atoms with Gasteiger partial charge in [-0.1, -0.05) is 26.8 Å². The maximum absolute atomic E-state index is 11.6. The molecule has 118 valence electrons. The average Bonchev–Trinajstić information content (AvgIpc) is 2.56. The summed E-state index contributed by atoms with van der Waals surface area (Å²) in [4.78, 5) is 15.9. The minimum Gasteiger partial charge on any atom is -0.496 e. The number of anilines is 1. The van der Waals surface area contributed by atoms with E-state index in [2.05, 4.69) is 23.1 Å². The van der Waals surface area contributed by atoms with Crippen LogP contribution in [0, 0.1) is 6.92 Å². The van der Waals surface area contributed by atoms with Gasteiger partial charge in [0.2, 0.25) is 5.91 Å². The standard InChI is InChI=1S/C15H22N2O2.C2H6/c1-4-15(18)17-9-7-16(8-10-17)13-6-5-12(2)14(11-13)19-3;1-2/h5-6,11H,4,7-10H2,1-3H3;1-2H3. The predicted octanol–water partition coefficient (Wildman–Crippen LogP) is 3.09. The van der Waals surface area contributed by atoms with E-state index >= 15 is 0 Å². The fourth-order valence-corrected chi connectivity index (χ4v) is 2.44. The molecule has 0 radical (unpaired) electrons. The molecule has 1 aromatic carbocycles. The number of carbonyl (C=O) groups excluding carboxylic acids is 1. The zero-order valence-electron chi connectivity index (χ0n) is 14.0. The first-order valence-corrected chi connectivity index (χ1v) is 7.83. The Balaban J connectivity index is 0.00000106. The summed E-state index contributed by atoms with van der Waals surface area (Å²) in [6.07, 6.45) is 0.596. The third-order valence-electron chi connectivity index (χ3n) is 3.69. The number of carbonyl (C=O) groups is 1. The van der Waals surface area contributed by atoms with Crippen molar-refractivity contribution in [2.45, 2.75) is 34.1 Å². The summed E-state index contributed by atoms with van der Waals surface area (Å²) >= 11 is 0. The number of piperazine rings is 1. The molecule has 0 atom stereocenters. The van der Waals surface area contributed by atoms with Gasteiger partial charge in [-0.25, -0.2) is 0 Å². The quantitative estimate of drug-likeness (QED) is 0.858. The molecule has 1 amide bonds. The Morgan fingerprint density at radius 3 is 2.33 bits per heavy atom. The fourth-order valence-electron chi connectivity index (χ4n) is 2.44. The van der Waals surface area contributed by atoms with E-state index in [-0.39, 0.29) is 5.91 Å². The summed E-state index contributed by atoms with van der Waals surface area (Å²) in [6, 6.07) is 6.28. The lowest BCUT2D eigenvalue weighted by Gasteiger charge is -2.36. The maximum atomic E-state index is 11.6. The number of amides is 1. The Morgan fingerprint density at radius 1 is 1.19 bits per heavy atom. The first-order chi connectivity index (χ1) is 10.2. The molecule has 1 saturated heterocycles. The number of methoxy groups -OCH3 is 1. The summed E-state index contributed by atoms with van der Waals surface area (Å²) in [6.45, 7) is 11.3. The maximum Gasteiger partial charge on any atom is 0.222 e. The van der Waals surface area contributed by atoms with Crippen LogP contribution in [0.15, 0.2) is 18.2 Å². The van der Waals surface area contributed by atoms with Gasteiger partial charge in [0.25, 0.3) is 0 Å². The van der Waals surface area contributed by atoms with E-state index in [0.717, 1.165) is 37.5 Å². The molecule has 21 heavy (non-hydrogen) atoms. The third kappa shape index (κ3) is 4.38. The number of aryl methyl sites for hydroxylation is 1. The van der Waals surface area contributed by atoms with Crippen LogP contribution in [0.2, 0.25) is 0 Å². The summed E-state index contributed by atoms with van der Waals surface area (Å²) in [5.41, 5.74) is 2.32. The van der Waals surface area contributed by atoms with E-state index < -0.39 is 0 Å². The van der Waals surface area contributed by atoms with Crippen LogP contribution in [0.5, 0.6) is 5.75 Å². The van der Waals surface area contributed by atoms with Crippen LogP contribution in [0.4, 0.5) is 5.69 Å². The van der Waals surface area contributed by atoms with E-state index in [1.165, 1.54) is 5.69 Å². The topological polar surface area (TPSA) is 32.8 Å². The van der Waals surface area contributed by atoms with Gasteiger partial charge in [0.1, 0.15) is 5.75 Å². The molecule has 0 N–H and O–H groups in total. The Morgan fingerprint density at radius 2 is 1.81 bits per heavy atom. The number of rotatable bonds is 3. The van der Waals surface area contributed by atoms with Crippen LogP contribution in [-0.4, -0.2) is 44.1 Å².